The molecule has 0 aliphatic carbocycles. The highest BCUT2D eigenvalue weighted by atomic mass is 32.2. The maximum Gasteiger partial charge on any atom is 0.416 e. The molecule has 2 fully saturated rings. The third-order valence-corrected chi connectivity index (χ3v) is 7.62. The Labute approximate surface area is 185 Å². The van der Waals surface area contributed by atoms with E-state index in [0.29, 0.717) is 11.3 Å². The molecule has 2 aliphatic heterocycles. The number of thioether (sulfide) groups is 1. The van der Waals surface area contributed by atoms with Gasteiger partial charge in [0.15, 0.2) is 0 Å². The fourth-order valence-corrected chi connectivity index (χ4v) is 5.77. The monoisotopic (exact) mass is 466 g/mol. The minimum absolute atomic E-state index is 0.0164. The van der Waals surface area contributed by atoms with Crippen LogP contribution in [0, 0.1) is 19.7 Å². The number of amides is 1. The van der Waals surface area contributed by atoms with Crippen LogP contribution in [0.15, 0.2) is 41.3 Å². The summed E-state index contributed by atoms with van der Waals surface area (Å²) in [4.78, 5) is 15.5. The summed E-state index contributed by atoms with van der Waals surface area (Å²) in [5.41, 5.74) is 2.23. The maximum absolute atomic E-state index is 14.7. The van der Waals surface area contributed by atoms with Crippen LogP contribution in [0.4, 0.5) is 20.6 Å². The number of carbonyl (C=O) groups excluding carboxylic acids is 1. The average Bonchev–Trinajstić information content (AvgIpc) is 3.07. The Morgan fingerprint density at radius 3 is 2.55 bits per heavy atom. The van der Waals surface area contributed by atoms with Gasteiger partial charge in [0, 0.05) is 24.6 Å². The molecule has 2 aromatic rings. The van der Waals surface area contributed by atoms with Crippen LogP contribution in [0.2, 0.25) is 0 Å². The fraction of sp³-hybridized carbons (Fsp3) is 0.381. The Hall–Kier alpha value is -2.30. The first kappa shape index (κ1) is 21.9. The van der Waals surface area contributed by atoms with Crippen molar-refractivity contribution in [1.29, 1.82) is 0 Å². The van der Waals surface area contributed by atoms with Crippen LogP contribution >= 0.6 is 11.8 Å². The molecular weight excluding hydrogens is 443 g/mol. The van der Waals surface area contributed by atoms with Gasteiger partial charge in [0.25, 0.3) is 0 Å². The lowest BCUT2D eigenvalue weighted by atomic mass is 10.2. The Bertz CT molecular complexity index is 1100. The molecule has 0 spiro atoms. The lowest BCUT2D eigenvalue weighted by molar-refractivity contribution is 0.0107. The first-order chi connectivity index (χ1) is 14.7. The van der Waals surface area contributed by atoms with Crippen molar-refractivity contribution in [3.8, 4) is 0 Å². The van der Waals surface area contributed by atoms with E-state index in [1.165, 1.54) is 17.0 Å². The van der Waals surface area contributed by atoms with Crippen molar-refractivity contribution >= 4 is 39.3 Å². The molecule has 0 N–H and O–H groups in total. The summed E-state index contributed by atoms with van der Waals surface area (Å²) in [6.45, 7) is 4.89. The van der Waals surface area contributed by atoms with E-state index >= 15 is 0 Å². The van der Waals surface area contributed by atoms with Gasteiger partial charge in [0.2, 0.25) is 6.29 Å². The van der Waals surface area contributed by atoms with Gasteiger partial charge in [-0.25, -0.2) is 13.4 Å². The normalized spacial score (nSPS) is 19.6. The first-order valence-electron chi connectivity index (χ1n) is 9.85. The Morgan fingerprint density at radius 2 is 1.87 bits per heavy atom. The zero-order valence-corrected chi connectivity index (χ0v) is 18.8. The fourth-order valence-electron chi connectivity index (χ4n) is 3.70. The van der Waals surface area contributed by atoms with Gasteiger partial charge in [-0.1, -0.05) is 17.7 Å². The lowest BCUT2D eigenvalue weighted by Gasteiger charge is -2.29. The highest BCUT2D eigenvalue weighted by molar-refractivity contribution is 7.99. The Morgan fingerprint density at radius 1 is 1.13 bits per heavy atom. The standard InChI is InChI=1S/C21H23FN2O5S2/c1-14-3-6-19(15(2)11-14)31(26,27)29-20-13-24(21(25)28-20)16-4-5-18(17(22)12-16)23-7-9-30-10-8-23/h3-6,11-12,20H,7-10,13H2,1-2H3. The highest BCUT2D eigenvalue weighted by Gasteiger charge is 2.37. The van der Waals surface area contributed by atoms with Crippen LogP contribution in [-0.2, 0) is 19.0 Å². The molecule has 1 amide bonds. The van der Waals surface area contributed by atoms with Gasteiger partial charge >= 0.3 is 16.2 Å². The molecule has 0 saturated carbocycles. The third kappa shape index (κ3) is 4.65. The van der Waals surface area contributed by atoms with E-state index in [1.807, 2.05) is 23.6 Å². The van der Waals surface area contributed by atoms with Crippen LogP contribution in [0.1, 0.15) is 11.1 Å². The third-order valence-electron chi connectivity index (χ3n) is 5.21. The van der Waals surface area contributed by atoms with Gasteiger partial charge < -0.3 is 9.64 Å². The largest absolute Gasteiger partial charge is 0.416 e. The number of carbonyl (C=O) groups is 1. The topological polar surface area (TPSA) is 76.2 Å². The van der Waals surface area contributed by atoms with Crippen LogP contribution in [-0.4, -0.2) is 51.9 Å². The van der Waals surface area contributed by atoms with Crippen molar-refractivity contribution in [3.63, 3.8) is 0 Å². The van der Waals surface area contributed by atoms with E-state index in [2.05, 4.69) is 0 Å². The second kappa shape index (κ2) is 8.68. The van der Waals surface area contributed by atoms with Crippen molar-refractivity contribution in [1.82, 2.24) is 0 Å². The molecule has 2 aliphatic rings. The second-order valence-corrected chi connectivity index (χ2v) is 10.2. The number of aryl methyl sites for hydroxylation is 2. The van der Waals surface area contributed by atoms with Crippen molar-refractivity contribution < 1.29 is 26.5 Å². The van der Waals surface area contributed by atoms with Crippen LogP contribution < -0.4 is 9.80 Å². The number of benzene rings is 2. The number of ether oxygens (including phenoxy) is 1. The summed E-state index contributed by atoms with van der Waals surface area (Å²) in [5, 5.41) is 0. The van der Waals surface area contributed by atoms with E-state index in [9.17, 15) is 17.6 Å². The number of hydrogen-bond acceptors (Lipinski definition) is 7. The van der Waals surface area contributed by atoms with Crippen molar-refractivity contribution in [2.45, 2.75) is 25.0 Å². The molecule has 166 valence electrons. The quantitative estimate of drug-likeness (QED) is 0.622. The molecule has 2 aromatic carbocycles. The first-order valence-corrected chi connectivity index (χ1v) is 12.4. The molecule has 10 heteroatoms. The Balaban J connectivity index is 1.48. The molecule has 2 saturated heterocycles. The molecule has 1 atom stereocenters. The highest BCUT2D eigenvalue weighted by Crippen LogP contribution is 2.30. The molecule has 7 nitrogen and oxygen atoms in total. The summed E-state index contributed by atoms with van der Waals surface area (Å²) in [6.07, 6.45) is -2.11. The minimum atomic E-state index is -4.14. The van der Waals surface area contributed by atoms with Crippen LogP contribution in [0.5, 0.6) is 0 Å². The van der Waals surface area contributed by atoms with E-state index < -0.39 is 28.3 Å². The molecular formula is C21H23FN2O5S2. The summed E-state index contributed by atoms with van der Waals surface area (Å²) in [6, 6.07) is 9.38. The summed E-state index contributed by atoms with van der Waals surface area (Å²) in [7, 11) is -4.14. The van der Waals surface area contributed by atoms with E-state index in [-0.39, 0.29) is 17.1 Å². The molecule has 0 radical (unpaired) electrons. The van der Waals surface area contributed by atoms with Gasteiger partial charge in [-0.3, -0.25) is 4.90 Å². The van der Waals surface area contributed by atoms with E-state index in [4.69, 9.17) is 8.92 Å². The predicted octanol–water partition coefficient (Wildman–Crippen LogP) is 3.68. The number of nitrogens with zero attached hydrogens (tertiary/aromatic N) is 2. The summed E-state index contributed by atoms with van der Waals surface area (Å²) < 4.78 is 50.3. The second-order valence-electron chi connectivity index (χ2n) is 7.48. The summed E-state index contributed by atoms with van der Waals surface area (Å²) >= 11 is 1.83. The molecule has 4 rings (SSSR count). The molecule has 31 heavy (non-hydrogen) atoms. The number of anilines is 2. The number of rotatable bonds is 5. The van der Waals surface area contributed by atoms with E-state index in [1.54, 1.807) is 31.2 Å². The number of hydrogen-bond donors (Lipinski definition) is 0. The molecule has 0 aromatic heterocycles. The zero-order chi connectivity index (χ0) is 22.2. The zero-order valence-electron chi connectivity index (χ0n) is 17.2. The Kier molecular flexibility index (Phi) is 6.14. The molecule has 0 bridgehead atoms. The van der Waals surface area contributed by atoms with Crippen molar-refractivity contribution in [2.24, 2.45) is 0 Å². The van der Waals surface area contributed by atoms with Crippen molar-refractivity contribution in [2.75, 3.05) is 40.9 Å². The SMILES string of the molecule is Cc1ccc(S(=O)(=O)OC2CN(c3ccc(N4CCSCC4)c(F)c3)C(=O)O2)c(C)c1. The average molecular weight is 467 g/mol. The molecule has 2 heterocycles. The van der Waals surface area contributed by atoms with Gasteiger partial charge in [-0.15, -0.1) is 0 Å². The minimum Gasteiger partial charge on any atom is -0.416 e. The van der Waals surface area contributed by atoms with Gasteiger partial charge in [-0.05, 0) is 43.7 Å². The smallest absolute Gasteiger partial charge is 0.416 e. The van der Waals surface area contributed by atoms with Crippen LogP contribution in [0.25, 0.3) is 0 Å². The van der Waals surface area contributed by atoms with Crippen molar-refractivity contribution in [3.05, 3.63) is 53.3 Å². The van der Waals surface area contributed by atoms with Gasteiger partial charge in [0.1, 0.15) is 5.82 Å². The van der Waals surface area contributed by atoms with Crippen LogP contribution in [0.3, 0.4) is 0 Å². The number of halogens is 1. The number of cyclic esters (lactones) is 1. The molecule has 1 unspecified atom stereocenters. The van der Waals surface area contributed by atoms with Gasteiger partial charge in [-0.2, -0.15) is 20.2 Å². The van der Waals surface area contributed by atoms with Gasteiger partial charge in [0.05, 0.1) is 22.8 Å². The maximum atomic E-state index is 14.7. The van der Waals surface area contributed by atoms with E-state index in [0.717, 1.165) is 30.2 Å². The lowest BCUT2D eigenvalue weighted by Crippen LogP contribution is -2.33. The summed E-state index contributed by atoms with van der Waals surface area (Å²) in [5.74, 6) is 1.44. The predicted molar refractivity (Wildman–Crippen MR) is 118 cm³/mol.